The van der Waals surface area contributed by atoms with Gasteiger partial charge in [0, 0.05) is 24.9 Å². The third-order valence-corrected chi connectivity index (χ3v) is 4.73. The average Bonchev–Trinajstić information content (AvgIpc) is 2.83. The van der Waals surface area contributed by atoms with Gasteiger partial charge in [-0.25, -0.2) is 18.1 Å². The van der Waals surface area contributed by atoms with Gasteiger partial charge in [-0.05, 0) is 20.3 Å². The first kappa shape index (κ1) is 14.9. The second-order valence-electron chi connectivity index (χ2n) is 5.35. The molecule has 1 aliphatic rings. The summed E-state index contributed by atoms with van der Waals surface area (Å²) in [6.45, 7) is 3.98. The van der Waals surface area contributed by atoms with Crippen molar-refractivity contribution in [2.24, 2.45) is 0 Å². The van der Waals surface area contributed by atoms with Gasteiger partial charge in [0.05, 0.1) is 5.75 Å². The molecule has 0 aromatic carbocycles. The molecular formula is C11H19N5O3S. The molecule has 1 aromatic heterocycles. The molecule has 1 atom stereocenters. The van der Waals surface area contributed by atoms with Crippen molar-refractivity contribution in [3.05, 3.63) is 11.6 Å². The van der Waals surface area contributed by atoms with Gasteiger partial charge < -0.3 is 5.32 Å². The van der Waals surface area contributed by atoms with Gasteiger partial charge in [-0.1, -0.05) is 0 Å². The van der Waals surface area contributed by atoms with Gasteiger partial charge >= 0.3 is 0 Å². The van der Waals surface area contributed by atoms with Crippen molar-refractivity contribution in [3.63, 3.8) is 0 Å². The molecule has 0 radical (unpaired) electrons. The minimum atomic E-state index is -3.21. The summed E-state index contributed by atoms with van der Waals surface area (Å²) in [5.74, 6) is 1.28. The van der Waals surface area contributed by atoms with Crippen LogP contribution in [-0.2, 0) is 21.2 Å². The molecule has 0 saturated carbocycles. The lowest BCUT2D eigenvalue weighted by molar-refractivity contribution is -0.122. The average molecular weight is 301 g/mol. The third kappa shape index (κ3) is 4.01. The van der Waals surface area contributed by atoms with E-state index in [1.807, 2.05) is 6.92 Å². The first-order valence-corrected chi connectivity index (χ1v) is 8.09. The number of carbonyl (C=O) groups is 1. The van der Waals surface area contributed by atoms with Crippen molar-refractivity contribution < 1.29 is 13.2 Å². The van der Waals surface area contributed by atoms with Gasteiger partial charge in [-0.2, -0.15) is 5.10 Å². The van der Waals surface area contributed by atoms with Gasteiger partial charge in [0.25, 0.3) is 0 Å². The molecule has 1 saturated heterocycles. The Kier molecular flexibility index (Phi) is 4.09. The zero-order chi connectivity index (χ0) is 14.8. The number of aromatic nitrogens is 3. The van der Waals surface area contributed by atoms with Crippen LogP contribution in [0.4, 0.5) is 0 Å². The van der Waals surface area contributed by atoms with Crippen LogP contribution in [0.2, 0.25) is 0 Å². The number of sulfonamides is 1. The maximum atomic E-state index is 11.8. The van der Waals surface area contributed by atoms with Gasteiger partial charge in [-0.3, -0.25) is 9.89 Å². The number of nitrogens with zero attached hydrogens (tertiary/aromatic N) is 2. The molecule has 2 rings (SSSR count). The smallest absolute Gasteiger partial charge is 0.221 e. The Morgan fingerprint density at radius 3 is 2.80 bits per heavy atom. The van der Waals surface area contributed by atoms with E-state index in [1.54, 1.807) is 6.92 Å². The molecule has 20 heavy (non-hydrogen) atoms. The molecule has 3 N–H and O–H groups in total. The molecule has 1 aliphatic heterocycles. The van der Waals surface area contributed by atoms with Crippen molar-refractivity contribution in [3.8, 4) is 0 Å². The minimum Gasteiger partial charge on any atom is -0.356 e. The van der Waals surface area contributed by atoms with E-state index in [1.165, 1.54) is 0 Å². The fourth-order valence-electron chi connectivity index (χ4n) is 2.19. The van der Waals surface area contributed by atoms with E-state index in [4.69, 9.17) is 0 Å². The lowest BCUT2D eigenvalue weighted by Gasteiger charge is -2.21. The molecule has 1 fully saturated rings. The van der Waals surface area contributed by atoms with Crippen molar-refractivity contribution in [1.82, 2.24) is 25.2 Å². The fourth-order valence-corrected chi connectivity index (χ4v) is 3.94. The van der Waals surface area contributed by atoms with Crippen molar-refractivity contribution in [2.45, 2.75) is 38.6 Å². The number of aromatic amines is 1. The number of hydrogen-bond acceptors (Lipinski definition) is 5. The highest BCUT2D eigenvalue weighted by atomic mass is 32.2. The summed E-state index contributed by atoms with van der Waals surface area (Å²) in [5, 5.41) is 9.45. The van der Waals surface area contributed by atoms with E-state index in [9.17, 15) is 13.2 Å². The molecule has 0 spiro atoms. The highest BCUT2D eigenvalue weighted by Crippen LogP contribution is 2.23. The molecule has 1 amide bonds. The zero-order valence-electron chi connectivity index (χ0n) is 11.6. The second-order valence-corrected chi connectivity index (χ2v) is 7.19. The number of H-pyrrole nitrogens is 1. The summed E-state index contributed by atoms with van der Waals surface area (Å²) in [6, 6.07) is 0. The first-order chi connectivity index (χ1) is 9.28. The van der Waals surface area contributed by atoms with E-state index in [0.29, 0.717) is 25.2 Å². The predicted molar refractivity (Wildman–Crippen MR) is 72.4 cm³/mol. The van der Waals surface area contributed by atoms with Crippen LogP contribution in [-0.4, -0.2) is 47.3 Å². The van der Waals surface area contributed by atoms with E-state index in [2.05, 4.69) is 25.2 Å². The molecule has 1 unspecified atom stereocenters. The van der Waals surface area contributed by atoms with Crippen LogP contribution in [0.25, 0.3) is 0 Å². The topological polar surface area (TPSA) is 117 Å². The molecule has 112 valence electrons. The summed E-state index contributed by atoms with van der Waals surface area (Å²) >= 11 is 0. The molecule has 0 aliphatic carbocycles. The predicted octanol–water partition coefficient (Wildman–Crippen LogP) is -0.756. The van der Waals surface area contributed by atoms with Gasteiger partial charge in [0.2, 0.25) is 15.9 Å². The SMILES string of the molecule is Cc1nc(CCNC(=O)CC2(C)CCS(=O)(=O)N2)n[nH]1. The minimum absolute atomic E-state index is 0.0766. The van der Waals surface area contributed by atoms with E-state index < -0.39 is 15.6 Å². The van der Waals surface area contributed by atoms with E-state index in [-0.39, 0.29) is 18.1 Å². The van der Waals surface area contributed by atoms with Crippen LogP contribution in [0.3, 0.4) is 0 Å². The largest absolute Gasteiger partial charge is 0.356 e. The summed E-state index contributed by atoms with van der Waals surface area (Å²) in [6.07, 6.45) is 1.13. The monoisotopic (exact) mass is 301 g/mol. The first-order valence-electron chi connectivity index (χ1n) is 6.44. The molecule has 2 heterocycles. The Bertz CT molecular complexity index is 597. The van der Waals surface area contributed by atoms with Crippen LogP contribution in [0, 0.1) is 6.92 Å². The highest BCUT2D eigenvalue weighted by molar-refractivity contribution is 7.89. The van der Waals surface area contributed by atoms with Crippen LogP contribution >= 0.6 is 0 Å². The van der Waals surface area contributed by atoms with Crippen LogP contribution < -0.4 is 10.0 Å². The maximum absolute atomic E-state index is 11.8. The van der Waals surface area contributed by atoms with Crippen molar-refractivity contribution in [2.75, 3.05) is 12.3 Å². The normalized spacial score (nSPS) is 24.7. The molecular weight excluding hydrogens is 282 g/mol. The zero-order valence-corrected chi connectivity index (χ0v) is 12.4. The number of amides is 1. The Labute approximate surface area is 117 Å². The second kappa shape index (κ2) is 5.49. The molecule has 9 heteroatoms. The number of nitrogens with one attached hydrogen (secondary N) is 3. The lowest BCUT2D eigenvalue weighted by atomic mass is 9.96. The van der Waals surface area contributed by atoms with Crippen molar-refractivity contribution in [1.29, 1.82) is 0 Å². The highest BCUT2D eigenvalue weighted by Gasteiger charge is 2.38. The number of carbonyl (C=O) groups excluding carboxylic acids is 1. The Hall–Kier alpha value is -1.48. The van der Waals surface area contributed by atoms with Gasteiger partial charge in [-0.15, -0.1) is 0 Å². The fraction of sp³-hybridized carbons (Fsp3) is 0.727. The molecule has 0 bridgehead atoms. The van der Waals surface area contributed by atoms with E-state index >= 15 is 0 Å². The number of hydrogen-bond donors (Lipinski definition) is 3. The summed E-state index contributed by atoms with van der Waals surface area (Å²) in [7, 11) is -3.21. The van der Waals surface area contributed by atoms with Crippen LogP contribution in [0.5, 0.6) is 0 Å². The summed E-state index contributed by atoms with van der Waals surface area (Å²) in [5.41, 5.74) is -0.676. The van der Waals surface area contributed by atoms with Crippen LogP contribution in [0.15, 0.2) is 0 Å². The number of aryl methyl sites for hydroxylation is 1. The third-order valence-electron chi connectivity index (χ3n) is 3.19. The Balaban J connectivity index is 1.76. The summed E-state index contributed by atoms with van der Waals surface area (Å²) < 4.78 is 25.3. The molecule has 1 aromatic rings. The standard InChI is InChI=1S/C11H19N5O3S/c1-8-13-9(15-14-8)3-5-12-10(17)7-11(2)4-6-20(18,19)16-11/h16H,3-7H2,1-2H3,(H,12,17)(H,13,14,15). The number of rotatable bonds is 5. The van der Waals surface area contributed by atoms with Gasteiger partial charge in [0.1, 0.15) is 5.82 Å². The maximum Gasteiger partial charge on any atom is 0.221 e. The Morgan fingerprint density at radius 1 is 1.50 bits per heavy atom. The Morgan fingerprint density at radius 2 is 2.25 bits per heavy atom. The lowest BCUT2D eigenvalue weighted by Crippen LogP contribution is -2.43. The quantitative estimate of drug-likeness (QED) is 0.661. The van der Waals surface area contributed by atoms with Crippen LogP contribution in [0.1, 0.15) is 31.4 Å². The molecule has 8 nitrogen and oxygen atoms in total. The summed E-state index contributed by atoms with van der Waals surface area (Å²) in [4.78, 5) is 15.9. The van der Waals surface area contributed by atoms with E-state index in [0.717, 1.165) is 5.82 Å². The van der Waals surface area contributed by atoms with Gasteiger partial charge in [0.15, 0.2) is 5.82 Å². The van der Waals surface area contributed by atoms with Crippen molar-refractivity contribution >= 4 is 15.9 Å².